The Balaban J connectivity index is -0.000000214. The van der Waals surface area contributed by atoms with Crippen molar-refractivity contribution in [1.29, 1.82) is 0 Å². The predicted octanol–water partition coefficient (Wildman–Crippen LogP) is -0.0242. The van der Waals surface area contributed by atoms with Crippen molar-refractivity contribution in [2.45, 2.75) is 12.8 Å². The number of rotatable bonds is 3. The maximum atomic E-state index is 10.1. The normalized spacial score (nSPS) is 12.1. The van der Waals surface area contributed by atoms with Crippen molar-refractivity contribution in [3.8, 4) is 0 Å². The van der Waals surface area contributed by atoms with E-state index in [-0.39, 0.29) is 5.91 Å². The van der Waals surface area contributed by atoms with E-state index in [1.165, 1.54) is 0 Å². The fourth-order valence-electron chi connectivity index (χ4n) is 0.633. The third-order valence-corrected chi connectivity index (χ3v) is 2.30. The van der Waals surface area contributed by atoms with Crippen molar-refractivity contribution >= 4 is 50.2 Å². The van der Waals surface area contributed by atoms with Crippen LogP contribution in [0.3, 0.4) is 0 Å². The van der Waals surface area contributed by atoms with Crippen molar-refractivity contribution in [2.24, 2.45) is 0 Å². The maximum Gasteiger partial charge on any atom is 0.399 e. The molecule has 0 saturated carbocycles. The second-order valence-electron chi connectivity index (χ2n) is 3.15. The summed E-state index contributed by atoms with van der Waals surface area (Å²) >= 11 is 1.13. The van der Waals surface area contributed by atoms with Crippen LogP contribution in [0.4, 0.5) is 0 Å². The number of aliphatic carboxylic acids is 1. The molecular formula is C11H20NNaO7S. The summed E-state index contributed by atoms with van der Waals surface area (Å²) in [6, 6.07) is 0. The van der Waals surface area contributed by atoms with Crippen LogP contribution in [0.5, 0.6) is 0 Å². The van der Waals surface area contributed by atoms with E-state index < -0.39 is 16.4 Å². The largest absolute Gasteiger partial charge is 0.399 e. The number of hydrogen-bond donors (Lipinski definition) is 2. The summed E-state index contributed by atoms with van der Waals surface area (Å²) in [5.74, 6) is -0.778. The first-order valence-corrected chi connectivity index (χ1v) is 8.24. The first-order valence-electron chi connectivity index (χ1n) is 5.75. The van der Waals surface area contributed by atoms with E-state index in [0.29, 0.717) is 0 Å². The molecule has 0 aromatic heterocycles. The molecule has 0 aromatic carbocycles. The van der Waals surface area contributed by atoms with Crippen molar-refractivity contribution in [3.63, 3.8) is 0 Å². The number of carbonyl (C=O) groups excluding carboxylic acids is 1. The quantitative estimate of drug-likeness (QED) is 0.550. The Kier molecular flexibility index (Phi) is 20.9. The molecule has 0 atom stereocenters. The molecule has 0 aliphatic carbocycles. The van der Waals surface area contributed by atoms with Gasteiger partial charge in [0.25, 0.3) is 0 Å². The molecule has 21 heavy (non-hydrogen) atoms. The zero-order valence-corrected chi connectivity index (χ0v) is 15.3. The van der Waals surface area contributed by atoms with Gasteiger partial charge in [0.2, 0.25) is 5.91 Å². The molecule has 0 aromatic rings. The van der Waals surface area contributed by atoms with E-state index in [0.717, 1.165) is 67.6 Å². The Morgan fingerprint density at radius 2 is 1.76 bits per heavy atom. The second-order valence-corrected chi connectivity index (χ2v) is 5.45. The third kappa shape index (κ3) is 28.2. The molecule has 1 aliphatic rings. The van der Waals surface area contributed by atoms with Crippen LogP contribution >= 0.6 is 0 Å². The molecule has 1 rings (SSSR count). The Morgan fingerprint density at radius 3 is 1.81 bits per heavy atom. The van der Waals surface area contributed by atoms with Crippen molar-refractivity contribution < 1.29 is 31.5 Å². The minimum atomic E-state index is -3.66. The van der Waals surface area contributed by atoms with Gasteiger partial charge in [0.15, 0.2) is 0 Å². The van der Waals surface area contributed by atoms with Crippen LogP contribution in [0.1, 0.15) is 12.8 Å². The smallest absolute Gasteiger partial charge is 0.356 e. The maximum absolute atomic E-state index is 10.1. The number of carboxylic acids is 1. The summed E-state index contributed by atoms with van der Waals surface area (Å²) in [4.78, 5) is 19.4. The third-order valence-electron chi connectivity index (χ3n) is 1.49. The molecule has 1 fully saturated rings. The number of nitrogens with one attached hydrogen (secondary N) is 1. The SMILES string of the molecule is C=CC(=O)O.C=[CH][Na].COS(=O)(=O)OC.O=C1CCCN1. The zero-order chi connectivity index (χ0) is 17.3. The van der Waals surface area contributed by atoms with Gasteiger partial charge in [-0.15, -0.1) is 0 Å². The molecule has 0 spiro atoms. The average Bonchev–Trinajstić information content (AvgIpc) is 2.92. The minimum absolute atomic E-state index is 0.204. The molecule has 1 amide bonds. The molecule has 0 radical (unpaired) electrons. The van der Waals surface area contributed by atoms with Gasteiger partial charge in [-0.3, -0.25) is 13.2 Å². The zero-order valence-electron chi connectivity index (χ0n) is 12.5. The van der Waals surface area contributed by atoms with Crippen LogP contribution in [0.2, 0.25) is 0 Å². The first-order chi connectivity index (χ1) is 9.70. The van der Waals surface area contributed by atoms with E-state index in [1.54, 1.807) is 0 Å². The van der Waals surface area contributed by atoms with Crippen LogP contribution in [-0.2, 0) is 28.4 Å². The van der Waals surface area contributed by atoms with Crippen LogP contribution in [0.15, 0.2) is 22.6 Å². The molecular weight excluding hydrogens is 313 g/mol. The number of carbonyl (C=O) groups is 2. The van der Waals surface area contributed by atoms with Crippen LogP contribution in [-0.4, -0.2) is 74.1 Å². The molecule has 1 heterocycles. The minimum Gasteiger partial charge on any atom is -0.356 e. The molecule has 0 unspecified atom stereocenters. The van der Waals surface area contributed by atoms with Crippen molar-refractivity contribution in [1.82, 2.24) is 5.32 Å². The molecule has 118 valence electrons. The van der Waals surface area contributed by atoms with Gasteiger partial charge < -0.3 is 10.4 Å². The first kappa shape index (κ1) is 25.3. The molecule has 0 bridgehead atoms. The van der Waals surface area contributed by atoms with E-state index in [9.17, 15) is 18.0 Å². The van der Waals surface area contributed by atoms with E-state index in [1.807, 2.05) is 3.33 Å². The fourth-order valence-corrected chi connectivity index (χ4v) is 0.769. The van der Waals surface area contributed by atoms with Crippen LogP contribution in [0, 0.1) is 0 Å². The molecule has 10 heteroatoms. The Hall–Kier alpha value is -0.710. The van der Waals surface area contributed by atoms with Gasteiger partial charge in [0.1, 0.15) is 0 Å². The van der Waals surface area contributed by atoms with Gasteiger partial charge in [-0.2, -0.15) is 8.42 Å². The number of carboxylic acid groups (broad SMARTS) is 1. The summed E-state index contributed by atoms with van der Waals surface area (Å²) in [6.07, 6.45) is 2.60. The van der Waals surface area contributed by atoms with Gasteiger partial charge in [0, 0.05) is 19.0 Å². The summed E-state index contributed by atoms with van der Waals surface area (Å²) in [6.45, 7) is 7.27. The summed E-state index contributed by atoms with van der Waals surface area (Å²) < 4.78 is 29.4. The molecule has 2 N–H and O–H groups in total. The summed E-state index contributed by atoms with van der Waals surface area (Å²) in [7, 11) is -1.60. The van der Waals surface area contributed by atoms with Gasteiger partial charge in [-0.1, -0.05) is 6.58 Å². The van der Waals surface area contributed by atoms with Gasteiger partial charge in [-0.05, 0) is 6.42 Å². The Bertz CT molecular complexity index is 391. The standard InChI is InChI=1S/C4H7NO.C3H4O2.C2H6O4S.C2H3.Na/c6-4-2-1-3-5-4;1-2-3(4)5;1-5-7(3,4)6-2;1-2;/h1-3H2,(H,5,6);2H,1H2,(H,4,5);1-2H3;1H,2H2;. The van der Waals surface area contributed by atoms with Gasteiger partial charge in [-0.25, -0.2) is 4.79 Å². The average molecular weight is 333 g/mol. The Morgan fingerprint density at radius 1 is 1.38 bits per heavy atom. The monoisotopic (exact) mass is 333 g/mol. The predicted molar refractivity (Wildman–Crippen MR) is 79.0 cm³/mol. The molecule has 8 nitrogen and oxygen atoms in total. The topological polar surface area (TPSA) is 119 Å². The Labute approximate surface area is 142 Å². The van der Waals surface area contributed by atoms with Crippen molar-refractivity contribution in [3.05, 3.63) is 22.6 Å². The second kappa shape index (κ2) is 17.3. The van der Waals surface area contributed by atoms with E-state index >= 15 is 0 Å². The summed E-state index contributed by atoms with van der Waals surface area (Å²) in [5, 5.41) is 10.3. The van der Waals surface area contributed by atoms with Crippen LogP contribution < -0.4 is 5.32 Å². The van der Waals surface area contributed by atoms with Crippen molar-refractivity contribution in [2.75, 3.05) is 20.8 Å². The number of hydrogen-bond acceptors (Lipinski definition) is 6. The van der Waals surface area contributed by atoms with Gasteiger partial charge >= 0.3 is 54.2 Å². The fraction of sp³-hybridized carbons (Fsp3) is 0.455. The number of amides is 1. The van der Waals surface area contributed by atoms with Crippen LogP contribution in [0.25, 0.3) is 0 Å². The van der Waals surface area contributed by atoms with E-state index in [4.69, 9.17) is 5.11 Å². The van der Waals surface area contributed by atoms with Gasteiger partial charge in [0.05, 0.1) is 14.2 Å². The molecule has 1 saturated heterocycles. The molecule has 1 aliphatic heterocycles. The van der Waals surface area contributed by atoms with E-state index in [2.05, 4.69) is 26.8 Å². The summed E-state index contributed by atoms with van der Waals surface area (Å²) in [5.41, 5.74) is 0.